The molecule has 4 atom stereocenters. The minimum atomic E-state index is -1.25. The number of amides is 1. The molecule has 0 radical (unpaired) electrons. The van der Waals surface area contributed by atoms with Gasteiger partial charge in [-0.15, -0.1) is 0 Å². The summed E-state index contributed by atoms with van der Waals surface area (Å²) in [6.07, 6.45) is 4.01. The van der Waals surface area contributed by atoms with Gasteiger partial charge in [-0.2, -0.15) is 0 Å². The minimum Gasteiger partial charge on any atom is -0.427 e. The topological polar surface area (TPSA) is 72.8 Å². The average molecular weight is 340 g/mol. The molecule has 1 fully saturated rings. The molecule has 0 aromatic heterocycles. The minimum absolute atomic E-state index is 0.128. The van der Waals surface area contributed by atoms with Crippen LogP contribution in [0.3, 0.4) is 0 Å². The number of nitrogens with one attached hydrogen (secondary N) is 1. The molecule has 1 saturated carbocycles. The molecule has 0 spiro atoms. The molecule has 0 aliphatic heterocycles. The molecule has 140 valence electrons. The van der Waals surface area contributed by atoms with E-state index >= 15 is 0 Å². The Bertz CT molecular complexity index is 423. The first kappa shape index (κ1) is 21.5. The molecule has 0 aromatic carbocycles. The number of hydrogen-bond donors (Lipinski definition) is 3. The summed E-state index contributed by atoms with van der Waals surface area (Å²) in [5.41, 5.74) is -0.680. The zero-order valence-electron chi connectivity index (χ0n) is 16.6. The fraction of sp³-hybridized carbons (Fsp3) is 0.944. The molecule has 1 amide bonds. The van der Waals surface area contributed by atoms with Gasteiger partial charge in [-0.3, -0.25) is 4.79 Å². The lowest BCUT2D eigenvalue weighted by atomic mass is 9.59. The molecule has 0 saturated heterocycles. The predicted octanol–water partition coefficient (Wildman–Crippen LogP) is 2.14. The van der Waals surface area contributed by atoms with Crippen molar-refractivity contribution < 1.29 is 14.8 Å². The van der Waals surface area contributed by atoms with Gasteiger partial charge >= 0.3 is 7.12 Å². The summed E-state index contributed by atoms with van der Waals surface area (Å²) in [7, 11) is 2.89. The van der Waals surface area contributed by atoms with Crippen LogP contribution in [0, 0.1) is 17.3 Å². The number of nitrogens with zero attached hydrogens (tertiary/aromatic N) is 1. The van der Waals surface area contributed by atoms with E-state index in [1.807, 2.05) is 20.8 Å². The van der Waals surface area contributed by atoms with Gasteiger partial charge in [0.25, 0.3) is 0 Å². The SMILES string of the molecule is CC([C@@H]1CC[C@@H](CCB(O)O)C[C@]1(C)C(=O)NC(C)(C)C)N(C)C. The molecule has 0 bridgehead atoms. The van der Waals surface area contributed by atoms with Gasteiger partial charge in [0.1, 0.15) is 0 Å². The molecule has 3 N–H and O–H groups in total. The van der Waals surface area contributed by atoms with E-state index in [1.54, 1.807) is 0 Å². The van der Waals surface area contributed by atoms with E-state index in [2.05, 4.69) is 38.2 Å². The van der Waals surface area contributed by atoms with Crippen LogP contribution < -0.4 is 5.32 Å². The van der Waals surface area contributed by atoms with Gasteiger partial charge in [-0.1, -0.05) is 19.8 Å². The number of carbonyl (C=O) groups is 1. The van der Waals surface area contributed by atoms with E-state index < -0.39 is 12.5 Å². The lowest BCUT2D eigenvalue weighted by Crippen LogP contribution is -2.56. The van der Waals surface area contributed by atoms with Gasteiger partial charge in [0.2, 0.25) is 5.91 Å². The van der Waals surface area contributed by atoms with Crippen molar-refractivity contribution in [1.82, 2.24) is 10.2 Å². The van der Waals surface area contributed by atoms with Crippen LogP contribution in [0.15, 0.2) is 0 Å². The van der Waals surface area contributed by atoms with Crippen LogP contribution in [-0.2, 0) is 4.79 Å². The first-order valence-corrected chi connectivity index (χ1v) is 9.22. The highest BCUT2D eigenvalue weighted by Crippen LogP contribution is 2.47. The monoisotopic (exact) mass is 340 g/mol. The van der Waals surface area contributed by atoms with Gasteiger partial charge in [-0.05, 0) is 72.8 Å². The van der Waals surface area contributed by atoms with Crippen molar-refractivity contribution in [3.8, 4) is 0 Å². The zero-order chi connectivity index (χ0) is 18.7. The second kappa shape index (κ2) is 8.20. The molecule has 1 unspecified atom stereocenters. The maximum atomic E-state index is 13.1. The molecule has 1 rings (SSSR count). The fourth-order valence-electron chi connectivity index (χ4n) is 4.10. The highest BCUT2D eigenvalue weighted by molar-refractivity contribution is 6.40. The van der Waals surface area contributed by atoms with E-state index in [4.69, 9.17) is 10.0 Å². The van der Waals surface area contributed by atoms with Crippen molar-refractivity contribution in [3.05, 3.63) is 0 Å². The van der Waals surface area contributed by atoms with Crippen molar-refractivity contribution in [2.24, 2.45) is 17.3 Å². The Balaban J connectivity index is 2.99. The van der Waals surface area contributed by atoms with Gasteiger partial charge in [0, 0.05) is 11.6 Å². The van der Waals surface area contributed by atoms with E-state index in [-0.39, 0.29) is 11.4 Å². The molecule has 1 aliphatic rings. The molecule has 6 heteroatoms. The Morgan fingerprint density at radius 3 is 2.38 bits per heavy atom. The largest absolute Gasteiger partial charge is 0.451 e. The smallest absolute Gasteiger partial charge is 0.427 e. The van der Waals surface area contributed by atoms with Gasteiger partial charge in [-0.25, -0.2) is 0 Å². The van der Waals surface area contributed by atoms with Crippen LogP contribution in [0.1, 0.15) is 60.3 Å². The normalized spacial score (nSPS) is 29.4. The molecule has 5 nitrogen and oxygen atoms in total. The number of carbonyl (C=O) groups excluding carboxylic acids is 1. The van der Waals surface area contributed by atoms with Crippen molar-refractivity contribution in [2.45, 2.75) is 78.2 Å². The van der Waals surface area contributed by atoms with Crippen LogP contribution in [0.25, 0.3) is 0 Å². The van der Waals surface area contributed by atoms with Crippen LogP contribution in [-0.4, -0.2) is 53.6 Å². The molecule has 0 heterocycles. The van der Waals surface area contributed by atoms with Gasteiger partial charge < -0.3 is 20.3 Å². The second-order valence-corrected chi connectivity index (χ2v) is 9.14. The Labute approximate surface area is 148 Å². The van der Waals surface area contributed by atoms with Crippen LogP contribution >= 0.6 is 0 Å². The second-order valence-electron chi connectivity index (χ2n) is 9.14. The lowest BCUT2D eigenvalue weighted by molar-refractivity contribution is -0.140. The van der Waals surface area contributed by atoms with Gasteiger partial charge in [0.05, 0.1) is 5.41 Å². The van der Waals surface area contributed by atoms with E-state index in [0.717, 1.165) is 25.7 Å². The van der Waals surface area contributed by atoms with Crippen molar-refractivity contribution in [3.63, 3.8) is 0 Å². The quantitative estimate of drug-likeness (QED) is 0.648. The molecule has 1 aliphatic carbocycles. The summed E-state index contributed by atoms with van der Waals surface area (Å²) >= 11 is 0. The summed E-state index contributed by atoms with van der Waals surface area (Å²) in [5.74, 6) is 0.793. The van der Waals surface area contributed by atoms with E-state index in [1.165, 1.54) is 0 Å². The Morgan fingerprint density at radius 2 is 1.92 bits per heavy atom. The lowest BCUT2D eigenvalue weighted by Gasteiger charge is -2.48. The highest BCUT2D eigenvalue weighted by Gasteiger charge is 2.48. The third kappa shape index (κ3) is 5.75. The number of hydrogen-bond acceptors (Lipinski definition) is 4. The Kier molecular flexibility index (Phi) is 7.33. The van der Waals surface area contributed by atoms with Crippen LogP contribution in [0.4, 0.5) is 0 Å². The van der Waals surface area contributed by atoms with E-state index in [0.29, 0.717) is 24.2 Å². The fourth-order valence-corrected chi connectivity index (χ4v) is 4.10. The summed E-state index contributed by atoms with van der Waals surface area (Å²) in [4.78, 5) is 15.3. The maximum Gasteiger partial charge on any atom is 0.451 e. The molecule has 24 heavy (non-hydrogen) atoms. The highest BCUT2D eigenvalue weighted by atomic mass is 16.4. The third-order valence-corrected chi connectivity index (χ3v) is 5.65. The van der Waals surface area contributed by atoms with Crippen LogP contribution in [0.2, 0.25) is 6.32 Å². The third-order valence-electron chi connectivity index (χ3n) is 5.65. The molecule has 0 aromatic rings. The first-order chi connectivity index (χ1) is 10.9. The Morgan fingerprint density at radius 1 is 1.33 bits per heavy atom. The van der Waals surface area contributed by atoms with Crippen molar-refractivity contribution >= 4 is 13.0 Å². The van der Waals surface area contributed by atoms with Crippen molar-refractivity contribution in [1.29, 1.82) is 0 Å². The zero-order valence-corrected chi connectivity index (χ0v) is 16.6. The molecular weight excluding hydrogens is 303 g/mol. The average Bonchev–Trinajstić information content (AvgIpc) is 2.42. The first-order valence-electron chi connectivity index (χ1n) is 9.22. The maximum absolute atomic E-state index is 13.1. The summed E-state index contributed by atoms with van der Waals surface area (Å²) in [6.45, 7) is 10.3. The van der Waals surface area contributed by atoms with E-state index in [9.17, 15) is 4.79 Å². The predicted molar refractivity (Wildman–Crippen MR) is 99.6 cm³/mol. The summed E-state index contributed by atoms with van der Waals surface area (Å²) in [5, 5.41) is 21.5. The number of rotatable bonds is 6. The summed E-state index contributed by atoms with van der Waals surface area (Å²) in [6, 6.07) is 0.324. The van der Waals surface area contributed by atoms with Crippen LogP contribution in [0.5, 0.6) is 0 Å². The van der Waals surface area contributed by atoms with Gasteiger partial charge in [0.15, 0.2) is 0 Å². The summed E-state index contributed by atoms with van der Waals surface area (Å²) < 4.78 is 0. The van der Waals surface area contributed by atoms with Crippen molar-refractivity contribution in [2.75, 3.05) is 14.1 Å². The molecular formula is C18H37BN2O3. The Hall–Kier alpha value is -0.585. The standard InChI is InChI=1S/C18H37BN2O3/c1-13(21(6)7)15-9-8-14(10-11-19(23)24)12-18(15,5)16(22)20-17(2,3)4/h13-15,23-24H,8-12H2,1-7H3,(H,20,22)/t13?,14-,15-,18-/m0/s1.